The molecule has 1 aromatic heterocycles. The maximum Gasteiger partial charge on any atom is 0.331 e. The Labute approximate surface area is 153 Å². The van der Waals surface area contributed by atoms with Crippen LogP contribution in [0.5, 0.6) is 0 Å². The van der Waals surface area contributed by atoms with Crippen LogP contribution in [-0.4, -0.2) is 23.1 Å². The van der Waals surface area contributed by atoms with Crippen molar-refractivity contribution in [2.45, 2.75) is 39.7 Å². The number of para-hydroxylation sites is 1. The molecule has 136 valence electrons. The molecule has 1 amide bonds. The molecule has 26 heavy (non-hydrogen) atoms. The number of nitrogens with one attached hydrogen (secondary N) is 1. The summed E-state index contributed by atoms with van der Waals surface area (Å²) in [6.07, 6.45) is 5.57. The van der Waals surface area contributed by atoms with Gasteiger partial charge in [0, 0.05) is 29.2 Å². The first kappa shape index (κ1) is 18.0. The molecule has 1 aliphatic rings. The van der Waals surface area contributed by atoms with E-state index in [1.807, 2.05) is 31.2 Å². The van der Waals surface area contributed by atoms with Crippen molar-refractivity contribution in [2.24, 2.45) is 0 Å². The number of nitrogens with zero attached hydrogens (tertiary/aromatic N) is 1. The monoisotopic (exact) mass is 352 g/mol. The van der Waals surface area contributed by atoms with Crippen molar-refractivity contribution in [1.29, 1.82) is 0 Å². The summed E-state index contributed by atoms with van der Waals surface area (Å²) < 4.78 is 7.35. The fraction of sp³-hybridized carbons (Fsp3) is 0.333. The standard InChI is InChI=1S/C21H24N2O3/c1-14-6-4-5-7-19(14)22-20(24)13-26-21(25)11-8-17-12-15(2)23(16(17)3)18-9-10-18/h4-8,11-12,18H,9-10,13H2,1-3H3,(H,22,24)/b11-8+. The third-order valence-corrected chi connectivity index (χ3v) is 4.60. The van der Waals surface area contributed by atoms with Crippen molar-refractivity contribution in [3.05, 3.63) is 58.9 Å². The molecule has 1 aromatic carbocycles. The Morgan fingerprint density at radius 2 is 1.96 bits per heavy atom. The summed E-state index contributed by atoms with van der Waals surface area (Å²) in [5.74, 6) is -0.880. The van der Waals surface area contributed by atoms with E-state index in [1.165, 1.54) is 24.6 Å². The van der Waals surface area contributed by atoms with Crippen LogP contribution in [0.4, 0.5) is 5.69 Å². The minimum Gasteiger partial charge on any atom is -0.452 e. The van der Waals surface area contributed by atoms with Crippen LogP contribution in [0.2, 0.25) is 0 Å². The molecule has 5 heteroatoms. The quantitative estimate of drug-likeness (QED) is 0.633. The van der Waals surface area contributed by atoms with E-state index in [-0.39, 0.29) is 12.5 Å². The molecule has 0 aliphatic heterocycles. The van der Waals surface area contributed by atoms with E-state index in [0.717, 1.165) is 22.5 Å². The van der Waals surface area contributed by atoms with Crippen LogP contribution < -0.4 is 5.32 Å². The molecule has 0 bridgehead atoms. The van der Waals surface area contributed by atoms with E-state index in [0.29, 0.717) is 6.04 Å². The molecular weight excluding hydrogens is 328 g/mol. The number of hydrogen-bond acceptors (Lipinski definition) is 3. The smallest absolute Gasteiger partial charge is 0.331 e. The van der Waals surface area contributed by atoms with Gasteiger partial charge in [0.15, 0.2) is 6.61 Å². The van der Waals surface area contributed by atoms with Gasteiger partial charge in [0.2, 0.25) is 0 Å². The number of carbonyl (C=O) groups is 2. The highest BCUT2D eigenvalue weighted by atomic mass is 16.5. The van der Waals surface area contributed by atoms with E-state index < -0.39 is 5.97 Å². The molecule has 0 unspecified atom stereocenters. The molecule has 1 heterocycles. The zero-order valence-electron chi connectivity index (χ0n) is 15.4. The second kappa shape index (κ2) is 7.60. The van der Waals surface area contributed by atoms with E-state index in [4.69, 9.17) is 4.74 Å². The summed E-state index contributed by atoms with van der Waals surface area (Å²) in [4.78, 5) is 23.8. The molecule has 0 spiro atoms. The maximum atomic E-state index is 11.9. The van der Waals surface area contributed by atoms with Crippen LogP contribution in [0.25, 0.3) is 6.08 Å². The Balaban J connectivity index is 1.53. The van der Waals surface area contributed by atoms with Gasteiger partial charge in [-0.2, -0.15) is 0 Å². The second-order valence-corrected chi connectivity index (χ2v) is 6.73. The number of aromatic nitrogens is 1. The third kappa shape index (κ3) is 4.23. The minimum absolute atomic E-state index is 0.307. The van der Waals surface area contributed by atoms with E-state index in [1.54, 1.807) is 6.08 Å². The van der Waals surface area contributed by atoms with Crippen molar-refractivity contribution >= 4 is 23.6 Å². The zero-order chi connectivity index (χ0) is 18.7. The number of carbonyl (C=O) groups excluding carboxylic acids is 2. The molecule has 5 nitrogen and oxygen atoms in total. The van der Waals surface area contributed by atoms with Crippen molar-refractivity contribution in [3.8, 4) is 0 Å². The molecule has 0 saturated heterocycles. The average molecular weight is 352 g/mol. The normalized spacial score (nSPS) is 13.8. The number of aryl methyl sites for hydroxylation is 2. The van der Waals surface area contributed by atoms with Gasteiger partial charge in [-0.3, -0.25) is 4.79 Å². The van der Waals surface area contributed by atoms with Gasteiger partial charge in [0.05, 0.1) is 0 Å². The Hall–Kier alpha value is -2.82. The van der Waals surface area contributed by atoms with Crippen LogP contribution in [0.3, 0.4) is 0 Å². The summed E-state index contributed by atoms with van der Waals surface area (Å²) in [6.45, 7) is 5.74. The lowest BCUT2D eigenvalue weighted by Gasteiger charge is -2.08. The summed E-state index contributed by atoms with van der Waals surface area (Å²) in [5, 5.41) is 2.74. The molecule has 0 atom stereocenters. The van der Waals surface area contributed by atoms with E-state index in [2.05, 4.69) is 29.8 Å². The van der Waals surface area contributed by atoms with Crippen molar-refractivity contribution in [3.63, 3.8) is 0 Å². The van der Waals surface area contributed by atoms with Gasteiger partial charge in [0.1, 0.15) is 0 Å². The zero-order valence-corrected chi connectivity index (χ0v) is 15.4. The van der Waals surface area contributed by atoms with Crippen LogP contribution in [0.1, 0.15) is 41.4 Å². The number of ether oxygens (including phenoxy) is 1. The number of esters is 1. The van der Waals surface area contributed by atoms with Crippen molar-refractivity contribution in [2.75, 3.05) is 11.9 Å². The fourth-order valence-electron chi connectivity index (χ4n) is 3.11. The van der Waals surface area contributed by atoms with Crippen molar-refractivity contribution in [1.82, 2.24) is 4.57 Å². The van der Waals surface area contributed by atoms with Gasteiger partial charge in [-0.1, -0.05) is 18.2 Å². The number of amides is 1. The Bertz CT molecular complexity index is 860. The molecule has 1 saturated carbocycles. The number of hydrogen-bond donors (Lipinski definition) is 1. The Morgan fingerprint density at radius 3 is 2.65 bits per heavy atom. The van der Waals surface area contributed by atoms with Crippen LogP contribution in [0, 0.1) is 20.8 Å². The first-order valence-electron chi connectivity index (χ1n) is 8.84. The molecule has 2 aromatic rings. The van der Waals surface area contributed by atoms with Gasteiger partial charge in [0.25, 0.3) is 5.91 Å². The highest BCUT2D eigenvalue weighted by Crippen LogP contribution is 2.38. The minimum atomic E-state index is -0.527. The van der Waals surface area contributed by atoms with Crippen LogP contribution in [0.15, 0.2) is 36.4 Å². The second-order valence-electron chi connectivity index (χ2n) is 6.73. The van der Waals surface area contributed by atoms with Crippen LogP contribution in [-0.2, 0) is 14.3 Å². The maximum absolute atomic E-state index is 11.9. The highest BCUT2D eigenvalue weighted by molar-refractivity contribution is 5.95. The Kier molecular flexibility index (Phi) is 5.26. The van der Waals surface area contributed by atoms with Gasteiger partial charge in [-0.05, 0) is 62.9 Å². The lowest BCUT2D eigenvalue weighted by molar-refractivity contribution is -0.142. The first-order chi connectivity index (χ1) is 12.5. The number of rotatable bonds is 6. The van der Waals surface area contributed by atoms with Gasteiger partial charge < -0.3 is 14.6 Å². The molecule has 0 radical (unpaired) electrons. The van der Waals surface area contributed by atoms with Crippen molar-refractivity contribution < 1.29 is 14.3 Å². The van der Waals surface area contributed by atoms with E-state index in [9.17, 15) is 9.59 Å². The predicted molar refractivity (Wildman–Crippen MR) is 102 cm³/mol. The fourth-order valence-corrected chi connectivity index (χ4v) is 3.11. The lowest BCUT2D eigenvalue weighted by Crippen LogP contribution is -2.20. The van der Waals surface area contributed by atoms with E-state index >= 15 is 0 Å². The summed E-state index contributed by atoms with van der Waals surface area (Å²) in [7, 11) is 0. The SMILES string of the molecule is Cc1ccccc1NC(=O)COC(=O)/C=C/c1cc(C)n(C2CC2)c1C. The molecule has 1 aliphatic carbocycles. The summed E-state index contributed by atoms with van der Waals surface area (Å²) >= 11 is 0. The first-order valence-corrected chi connectivity index (χ1v) is 8.84. The largest absolute Gasteiger partial charge is 0.452 e. The molecule has 1 N–H and O–H groups in total. The predicted octanol–water partition coefficient (Wildman–Crippen LogP) is 3.94. The molecule has 1 fully saturated rings. The topological polar surface area (TPSA) is 60.3 Å². The van der Waals surface area contributed by atoms with Gasteiger partial charge in [-0.25, -0.2) is 4.79 Å². The Morgan fingerprint density at radius 1 is 1.23 bits per heavy atom. The molecular formula is C21H24N2O3. The highest BCUT2D eigenvalue weighted by Gasteiger charge is 2.26. The lowest BCUT2D eigenvalue weighted by atomic mass is 10.2. The average Bonchev–Trinajstić information content (AvgIpc) is 3.39. The third-order valence-electron chi connectivity index (χ3n) is 4.60. The summed E-state index contributed by atoms with van der Waals surface area (Å²) in [6, 6.07) is 10.1. The number of benzene rings is 1. The van der Waals surface area contributed by atoms with Gasteiger partial charge >= 0.3 is 5.97 Å². The number of anilines is 1. The van der Waals surface area contributed by atoms with Crippen LogP contribution >= 0.6 is 0 Å². The summed E-state index contributed by atoms with van der Waals surface area (Å²) in [5.41, 5.74) is 5.05. The van der Waals surface area contributed by atoms with Gasteiger partial charge in [-0.15, -0.1) is 0 Å². The molecule has 3 rings (SSSR count).